The zero-order valence-corrected chi connectivity index (χ0v) is 13.6. The van der Waals surface area contributed by atoms with Crippen LogP contribution in [0.1, 0.15) is 13.3 Å². The van der Waals surface area contributed by atoms with Crippen molar-refractivity contribution in [2.45, 2.75) is 23.7 Å². The Bertz CT molecular complexity index is 726. The molecule has 0 unspecified atom stereocenters. The number of hydrogen-bond donors (Lipinski definition) is 0. The molecule has 0 radical (unpaired) electrons. The molecule has 1 fully saturated rings. The van der Waals surface area contributed by atoms with E-state index in [1.807, 2.05) is 0 Å². The molecule has 1 aromatic carbocycles. The van der Waals surface area contributed by atoms with E-state index in [9.17, 15) is 30.8 Å². The van der Waals surface area contributed by atoms with E-state index < -0.39 is 26.1 Å². The lowest BCUT2D eigenvalue weighted by Crippen LogP contribution is -2.49. The number of hydrogen-bond acceptors (Lipinski definition) is 4. The van der Waals surface area contributed by atoms with Gasteiger partial charge in [-0.2, -0.15) is 13.2 Å². The number of amides is 1. The van der Waals surface area contributed by atoms with Gasteiger partial charge in [0.05, 0.1) is 5.69 Å². The maximum Gasteiger partial charge on any atom is 0.501 e. The van der Waals surface area contributed by atoms with Crippen LogP contribution in [0.4, 0.5) is 23.2 Å². The van der Waals surface area contributed by atoms with E-state index >= 15 is 0 Å². The van der Waals surface area contributed by atoms with Gasteiger partial charge in [0.2, 0.25) is 5.91 Å². The Hall–Kier alpha value is -1.84. The van der Waals surface area contributed by atoms with Crippen LogP contribution in [0.15, 0.2) is 23.1 Å². The number of nitrogens with zero attached hydrogens (tertiary/aromatic N) is 2. The maximum atomic E-state index is 13.3. The van der Waals surface area contributed by atoms with Crippen LogP contribution in [0.2, 0.25) is 0 Å². The highest BCUT2D eigenvalue weighted by molar-refractivity contribution is 7.92. The highest BCUT2D eigenvalue weighted by Gasteiger charge is 2.48. The van der Waals surface area contributed by atoms with E-state index in [-0.39, 0.29) is 37.8 Å². The van der Waals surface area contributed by atoms with Crippen molar-refractivity contribution < 1.29 is 30.8 Å². The lowest BCUT2D eigenvalue weighted by Gasteiger charge is -2.36. The topological polar surface area (TPSA) is 57.7 Å². The average Bonchev–Trinajstić information content (AvgIpc) is 2.53. The highest BCUT2D eigenvalue weighted by Crippen LogP contribution is 2.36. The minimum Gasteiger partial charge on any atom is -0.367 e. The van der Waals surface area contributed by atoms with Crippen molar-refractivity contribution in [2.24, 2.45) is 0 Å². The third-order valence-corrected chi connectivity index (χ3v) is 5.31. The number of benzene rings is 1. The second-order valence-electron chi connectivity index (χ2n) is 5.28. The summed E-state index contributed by atoms with van der Waals surface area (Å²) in [6, 6.07) is 2.31. The van der Waals surface area contributed by atoms with Gasteiger partial charge in [-0.05, 0) is 18.2 Å². The molecule has 0 saturated carbocycles. The summed E-state index contributed by atoms with van der Waals surface area (Å²) in [4.78, 5) is 13.5. The number of carbonyl (C=O) groups excluding carboxylic acids is 1. The Kier molecular flexibility index (Phi) is 5.07. The molecule has 0 atom stereocenters. The van der Waals surface area contributed by atoms with Crippen molar-refractivity contribution in [2.75, 3.05) is 31.1 Å². The van der Waals surface area contributed by atoms with E-state index in [2.05, 4.69) is 0 Å². The quantitative estimate of drug-likeness (QED) is 0.768. The van der Waals surface area contributed by atoms with Gasteiger partial charge in [0.15, 0.2) is 0 Å². The fraction of sp³-hybridized carbons (Fsp3) is 0.500. The van der Waals surface area contributed by atoms with E-state index in [1.54, 1.807) is 11.8 Å². The van der Waals surface area contributed by atoms with Crippen LogP contribution in [-0.2, 0) is 14.6 Å². The van der Waals surface area contributed by atoms with Gasteiger partial charge in [-0.15, -0.1) is 0 Å². The first-order valence-electron chi connectivity index (χ1n) is 7.21. The normalized spacial score (nSPS) is 16.4. The molecule has 1 heterocycles. The fourth-order valence-electron chi connectivity index (χ4n) is 2.51. The molecule has 1 aliphatic heterocycles. The zero-order chi connectivity index (χ0) is 18.1. The molecule has 24 heavy (non-hydrogen) atoms. The molecule has 5 nitrogen and oxygen atoms in total. The van der Waals surface area contributed by atoms with Crippen molar-refractivity contribution in [3.05, 3.63) is 24.0 Å². The number of anilines is 1. The van der Waals surface area contributed by atoms with Crippen LogP contribution in [0.25, 0.3) is 0 Å². The zero-order valence-electron chi connectivity index (χ0n) is 12.8. The van der Waals surface area contributed by atoms with Gasteiger partial charge in [0, 0.05) is 32.6 Å². The van der Waals surface area contributed by atoms with Gasteiger partial charge < -0.3 is 9.80 Å². The summed E-state index contributed by atoms with van der Waals surface area (Å²) in [5.41, 5.74) is -5.73. The summed E-state index contributed by atoms with van der Waals surface area (Å²) in [5.74, 6) is -1.15. The summed E-state index contributed by atoms with van der Waals surface area (Å²) < 4.78 is 75.2. The molecule has 0 bridgehead atoms. The Morgan fingerprint density at radius 1 is 1.17 bits per heavy atom. The third kappa shape index (κ3) is 3.47. The van der Waals surface area contributed by atoms with Crippen LogP contribution < -0.4 is 4.90 Å². The average molecular weight is 368 g/mol. The third-order valence-electron chi connectivity index (χ3n) is 3.79. The van der Waals surface area contributed by atoms with Crippen molar-refractivity contribution in [1.29, 1.82) is 0 Å². The van der Waals surface area contributed by atoms with Gasteiger partial charge in [-0.3, -0.25) is 4.79 Å². The standard InChI is InChI=1S/C14H16F4N2O3S/c1-2-13(21)20-7-5-19(6-8-20)11-4-3-10(15)9-12(11)24(22,23)14(16,17)18/h3-4,9H,2,5-8H2,1H3. The predicted molar refractivity (Wildman–Crippen MR) is 78.7 cm³/mol. The molecule has 10 heteroatoms. The number of alkyl halides is 3. The summed E-state index contributed by atoms with van der Waals surface area (Å²) >= 11 is 0. The molecule has 0 aliphatic carbocycles. The molecule has 1 amide bonds. The molecule has 2 rings (SSSR count). The number of rotatable bonds is 3. The van der Waals surface area contributed by atoms with E-state index in [4.69, 9.17) is 0 Å². The van der Waals surface area contributed by atoms with Crippen LogP contribution in [0, 0.1) is 5.82 Å². The van der Waals surface area contributed by atoms with Gasteiger partial charge in [0.25, 0.3) is 9.84 Å². The van der Waals surface area contributed by atoms with Crippen LogP contribution in [-0.4, -0.2) is 50.9 Å². The molecular formula is C14H16F4N2O3S. The number of sulfone groups is 1. The highest BCUT2D eigenvalue weighted by atomic mass is 32.2. The molecule has 1 saturated heterocycles. The smallest absolute Gasteiger partial charge is 0.367 e. The second-order valence-corrected chi connectivity index (χ2v) is 7.19. The number of piperazine rings is 1. The van der Waals surface area contributed by atoms with Crippen molar-refractivity contribution >= 4 is 21.4 Å². The number of carbonyl (C=O) groups is 1. The Morgan fingerprint density at radius 2 is 1.75 bits per heavy atom. The molecule has 1 aromatic rings. The van der Waals surface area contributed by atoms with Crippen molar-refractivity contribution in [3.63, 3.8) is 0 Å². The predicted octanol–water partition coefficient (Wildman–Crippen LogP) is 2.18. The summed E-state index contributed by atoms with van der Waals surface area (Å²) in [5, 5.41) is 0. The molecule has 1 aliphatic rings. The largest absolute Gasteiger partial charge is 0.501 e. The summed E-state index contributed by atoms with van der Waals surface area (Å²) in [7, 11) is -5.68. The summed E-state index contributed by atoms with van der Waals surface area (Å²) in [6.45, 7) is 2.54. The minimum absolute atomic E-state index is 0.0862. The van der Waals surface area contributed by atoms with E-state index in [1.165, 1.54) is 4.90 Å². The Morgan fingerprint density at radius 3 is 2.25 bits per heavy atom. The lowest BCUT2D eigenvalue weighted by atomic mass is 10.2. The Balaban J connectivity index is 2.35. The van der Waals surface area contributed by atoms with Gasteiger partial charge >= 0.3 is 5.51 Å². The first kappa shape index (κ1) is 18.5. The molecule has 0 aromatic heterocycles. The minimum atomic E-state index is -5.68. The van der Waals surface area contributed by atoms with Crippen LogP contribution in [0.5, 0.6) is 0 Å². The lowest BCUT2D eigenvalue weighted by molar-refractivity contribution is -0.131. The second kappa shape index (κ2) is 6.58. The fourth-order valence-corrected chi connectivity index (χ4v) is 3.50. The van der Waals surface area contributed by atoms with Crippen LogP contribution in [0.3, 0.4) is 0 Å². The number of halogens is 4. The van der Waals surface area contributed by atoms with E-state index in [0.717, 1.165) is 12.1 Å². The van der Waals surface area contributed by atoms with Gasteiger partial charge in [0.1, 0.15) is 10.7 Å². The van der Waals surface area contributed by atoms with E-state index in [0.29, 0.717) is 12.5 Å². The Labute approximate surface area is 136 Å². The first-order chi connectivity index (χ1) is 11.1. The summed E-state index contributed by atoms with van der Waals surface area (Å²) in [6.07, 6.45) is 0.310. The molecule has 0 N–H and O–H groups in total. The van der Waals surface area contributed by atoms with Crippen molar-refractivity contribution in [1.82, 2.24) is 4.90 Å². The van der Waals surface area contributed by atoms with Crippen molar-refractivity contribution in [3.8, 4) is 0 Å². The van der Waals surface area contributed by atoms with Gasteiger partial charge in [-0.25, -0.2) is 12.8 Å². The van der Waals surface area contributed by atoms with Gasteiger partial charge in [-0.1, -0.05) is 6.92 Å². The molecular weight excluding hydrogens is 352 g/mol. The first-order valence-corrected chi connectivity index (χ1v) is 8.70. The maximum absolute atomic E-state index is 13.3. The van der Waals surface area contributed by atoms with Crippen LogP contribution >= 0.6 is 0 Å². The molecule has 0 spiro atoms. The monoisotopic (exact) mass is 368 g/mol. The SMILES string of the molecule is CCC(=O)N1CCN(c2ccc(F)cc2S(=O)(=O)C(F)(F)F)CC1. The molecule has 134 valence electrons.